The highest BCUT2D eigenvalue weighted by Crippen LogP contribution is 2.25. The third-order valence-corrected chi connectivity index (χ3v) is 5.44. The number of nitrogens with one attached hydrogen (secondary N) is 1. The van der Waals surface area contributed by atoms with Crippen molar-refractivity contribution in [2.24, 2.45) is 0 Å². The number of anilines is 1. The fourth-order valence-corrected chi connectivity index (χ4v) is 3.01. The highest BCUT2D eigenvalue weighted by atomic mass is 35.5. The second kappa shape index (κ2) is 7.18. The Morgan fingerprint density at radius 2 is 1.76 bits per heavy atom. The van der Waals surface area contributed by atoms with Crippen LogP contribution in [0.1, 0.15) is 10.4 Å². The Hall–Kier alpha value is -2.49. The highest BCUT2D eigenvalue weighted by Gasteiger charge is 2.18. The first-order valence-corrected chi connectivity index (χ1v) is 8.72. The van der Waals surface area contributed by atoms with Gasteiger partial charge in [-0.1, -0.05) is 11.6 Å². The molecule has 0 saturated carbocycles. The van der Waals surface area contributed by atoms with Crippen LogP contribution in [-0.4, -0.2) is 37.6 Å². The Kier molecular flexibility index (Phi) is 5.41. The van der Waals surface area contributed by atoms with Crippen molar-refractivity contribution in [3.63, 3.8) is 0 Å². The van der Waals surface area contributed by atoms with Crippen molar-refractivity contribution in [1.29, 1.82) is 0 Å². The largest absolute Gasteiger partial charge is 0.322 e. The van der Waals surface area contributed by atoms with Crippen molar-refractivity contribution >= 4 is 38.9 Å². The monoisotopic (exact) mass is 383 g/mol. The van der Waals surface area contributed by atoms with Gasteiger partial charge in [0.2, 0.25) is 10.0 Å². The summed E-state index contributed by atoms with van der Waals surface area (Å²) in [7, 11) is -0.733. The number of carbonyl (C=O) groups is 1. The third-order valence-electron chi connectivity index (χ3n) is 3.30. The van der Waals surface area contributed by atoms with Crippen LogP contribution in [0.2, 0.25) is 5.02 Å². The van der Waals surface area contributed by atoms with Crippen molar-refractivity contribution in [1.82, 2.24) is 4.31 Å². The van der Waals surface area contributed by atoms with Crippen LogP contribution < -0.4 is 5.32 Å². The van der Waals surface area contributed by atoms with Crippen LogP contribution >= 0.6 is 11.6 Å². The van der Waals surface area contributed by atoms with E-state index in [-0.39, 0.29) is 21.2 Å². The predicted octanol–water partition coefficient (Wildman–Crippen LogP) is 2.75. The molecule has 0 atom stereocenters. The average Bonchev–Trinajstić information content (AvgIpc) is 2.55. The van der Waals surface area contributed by atoms with E-state index in [1.807, 2.05) is 0 Å². The van der Waals surface area contributed by atoms with Crippen LogP contribution in [0.25, 0.3) is 0 Å². The number of amides is 1. The van der Waals surface area contributed by atoms with Gasteiger partial charge in [-0.25, -0.2) is 12.7 Å². The van der Waals surface area contributed by atoms with Crippen molar-refractivity contribution < 1.29 is 18.1 Å². The second-order valence-electron chi connectivity index (χ2n) is 5.19. The van der Waals surface area contributed by atoms with Crippen molar-refractivity contribution in [3.05, 3.63) is 63.2 Å². The molecule has 132 valence electrons. The first-order chi connectivity index (χ1) is 11.6. The molecule has 0 heterocycles. The molecule has 0 aromatic heterocycles. The smallest absolute Gasteiger partial charge is 0.288 e. The lowest BCUT2D eigenvalue weighted by molar-refractivity contribution is -0.384. The number of halogens is 1. The molecule has 1 N–H and O–H groups in total. The minimum atomic E-state index is -3.56. The van der Waals surface area contributed by atoms with Crippen LogP contribution in [0, 0.1) is 10.1 Å². The zero-order valence-corrected chi connectivity index (χ0v) is 14.8. The average molecular weight is 384 g/mol. The number of sulfonamides is 1. The molecule has 0 radical (unpaired) electrons. The molecule has 0 unspecified atom stereocenters. The van der Waals surface area contributed by atoms with E-state index in [2.05, 4.69) is 5.32 Å². The summed E-state index contributed by atoms with van der Waals surface area (Å²) in [5, 5.41) is 13.3. The standard InChI is InChI=1S/C15H14ClN3O5S/c1-18(2)25(23,24)12-6-4-11(5-7-12)17-15(20)10-3-8-13(16)14(9-10)19(21)22/h3-9H,1-2H3,(H,17,20). The van der Waals surface area contributed by atoms with E-state index in [1.165, 1.54) is 50.5 Å². The first kappa shape index (κ1) is 18.8. The molecule has 0 aliphatic heterocycles. The van der Waals surface area contributed by atoms with Crippen LogP contribution in [0.15, 0.2) is 47.4 Å². The van der Waals surface area contributed by atoms with E-state index in [0.717, 1.165) is 10.4 Å². The summed E-state index contributed by atoms with van der Waals surface area (Å²) in [6.45, 7) is 0. The molecule has 0 fully saturated rings. The molecule has 2 aromatic carbocycles. The van der Waals surface area contributed by atoms with Gasteiger partial charge < -0.3 is 5.32 Å². The van der Waals surface area contributed by atoms with Gasteiger partial charge >= 0.3 is 0 Å². The summed E-state index contributed by atoms with van der Waals surface area (Å²) >= 11 is 5.71. The minimum Gasteiger partial charge on any atom is -0.322 e. The van der Waals surface area contributed by atoms with Crippen LogP contribution in [-0.2, 0) is 10.0 Å². The molecular weight excluding hydrogens is 370 g/mol. The number of rotatable bonds is 5. The molecule has 0 bridgehead atoms. The third kappa shape index (κ3) is 4.13. The quantitative estimate of drug-likeness (QED) is 0.630. The van der Waals surface area contributed by atoms with Gasteiger partial charge in [0.1, 0.15) is 5.02 Å². The molecule has 0 saturated heterocycles. The number of hydrogen-bond acceptors (Lipinski definition) is 5. The molecule has 1 amide bonds. The van der Waals surface area contributed by atoms with Crippen molar-refractivity contribution in [3.8, 4) is 0 Å². The van der Waals surface area contributed by atoms with Gasteiger partial charge in [0, 0.05) is 31.4 Å². The number of carbonyl (C=O) groups excluding carboxylic acids is 1. The van der Waals surface area contributed by atoms with E-state index < -0.39 is 20.9 Å². The lowest BCUT2D eigenvalue weighted by Crippen LogP contribution is -2.22. The van der Waals surface area contributed by atoms with E-state index in [0.29, 0.717) is 5.69 Å². The van der Waals surface area contributed by atoms with Gasteiger partial charge in [0.05, 0.1) is 9.82 Å². The Balaban J connectivity index is 2.22. The van der Waals surface area contributed by atoms with Gasteiger partial charge in [-0.15, -0.1) is 0 Å². The Bertz CT molecular complexity index is 927. The van der Waals surface area contributed by atoms with Gasteiger partial charge in [0.15, 0.2) is 0 Å². The summed E-state index contributed by atoms with van der Waals surface area (Å²) in [6.07, 6.45) is 0. The first-order valence-electron chi connectivity index (χ1n) is 6.91. The van der Waals surface area contributed by atoms with Gasteiger partial charge in [-0.3, -0.25) is 14.9 Å². The fourth-order valence-electron chi connectivity index (χ4n) is 1.92. The second-order valence-corrected chi connectivity index (χ2v) is 7.75. The number of nitrogens with zero attached hydrogens (tertiary/aromatic N) is 2. The van der Waals surface area contributed by atoms with E-state index >= 15 is 0 Å². The maximum absolute atomic E-state index is 12.2. The summed E-state index contributed by atoms with van der Waals surface area (Å²) < 4.78 is 25.0. The molecular formula is C15H14ClN3O5S. The van der Waals surface area contributed by atoms with Crippen LogP contribution in [0.3, 0.4) is 0 Å². The van der Waals surface area contributed by atoms with Gasteiger partial charge in [-0.05, 0) is 36.4 Å². The van der Waals surface area contributed by atoms with Gasteiger partial charge in [0.25, 0.3) is 11.6 Å². The Morgan fingerprint density at radius 1 is 1.16 bits per heavy atom. The predicted molar refractivity (Wildman–Crippen MR) is 93.4 cm³/mol. The Morgan fingerprint density at radius 3 is 2.28 bits per heavy atom. The highest BCUT2D eigenvalue weighted by molar-refractivity contribution is 7.89. The Labute approximate surface area is 149 Å². The maximum atomic E-state index is 12.2. The summed E-state index contributed by atoms with van der Waals surface area (Å²) in [5.41, 5.74) is 0.0307. The molecule has 8 nitrogen and oxygen atoms in total. The normalized spacial score (nSPS) is 11.4. The van der Waals surface area contributed by atoms with Crippen LogP contribution in [0.4, 0.5) is 11.4 Å². The number of nitro groups is 1. The van der Waals surface area contributed by atoms with E-state index in [4.69, 9.17) is 11.6 Å². The lowest BCUT2D eigenvalue weighted by atomic mass is 10.2. The summed E-state index contributed by atoms with van der Waals surface area (Å²) in [5.74, 6) is -0.581. The van der Waals surface area contributed by atoms with Crippen LogP contribution in [0.5, 0.6) is 0 Å². The number of nitro benzene ring substituents is 1. The molecule has 0 aliphatic carbocycles. The molecule has 2 rings (SSSR count). The number of benzene rings is 2. The minimum absolute atomic E-state index is 0.0566. The maximum Gasteiger partial charge on any atom is 0.288 e. The number of hydrogen-bond donors (Lipinski definition) is 1. The zero-order valence-electron chi connectivity index (χ0n) is 13.3. The molecule has 25 heavy (non-hydrogen) atoms. The van der Waals surface area contributed by atoms with Crippen molar-refractivity contribution in [2.45, 2.75) is 4.90 Å². The van der Waals surface area contributed by atoms with Gasteiger partial charge in [-0.2, -0.15) is 0 Å². The fraction of sp³-hybridized carbons (Fsp3) is 0.133. The molecule has 2 aromatic rings. The van der Waals surface area contributed by atoms with E-state index in [1.54, 1.807) is 0 Å². The SMILES string of the molecule is CN(C)S(=O)(=O)c1ccc(NC(=O)c2ccc(Cl)c([N+](=O)[O-])c2)cc1. The van der Waals surface area contributed by atoms with E-state index in [9.17, 15) is 23.3 Å². The summed E-state index contributed by atoms with van der Waals surface area (Å²) in [6, 6.07) is 9.27. The lowest BCUT2D eigenvalue weighted by Gasteiger charge is -2.12. The topological polar surface area (TPSA) is 110 Å². The summed E-state index contributed by atoms with van der Waals surface area (Å²) in [4.78, 5) is 22.5. The molecule has 0 spiro atoms. The zero-order chi connectivity index (χ0) is 18.8. The molecule has 10 heteroatoms. The van der Waals surface area contributed by atoms with Crippen molar-refractivity contribution in [2.75, 3.05) is 19.4 Å². The molecule has 0 aliphatic rings.